The number of benzene rings is 1. The van der Waals surface area contributed by atoms with E-state index in [1.165, 1.54) is 12.1 Å². The summed E-state index contributed by atoms with van der Waals surface area (Å²) in [6.07, 6.45) is 3.53. The summed E-state index contributed by atoms with van der Waals surface area (Å²) in [5, 5.41) is 18.8. The minimum absolute atomic E-state index is 0.00283. The van der Waals surface area contributed by atoms with Crippen LogP contribution in [0, 0.1) is 10.1 Å². The van der Waals surface area contributed by atoms with Gasteiger partial charge in [-0.1, -0.05) is 0 Å². The maximum Gasteiger partial charge on any atom is 0.269 e. The first kappa shape index (κ1) is 16.4. The number of allylic oxidation sites excluding steroid dienone is 2. The van der Waals surface area contributed by atoms with E-state index in [9.17, 15) is 14.9 Å². The molecular weight excluding hydrogens is 362 g/mol. The van der Waals surface area contributed by atoms with E-state index in [0.717, 1.165) is 24.1 Å². The lowest BCUT2D eigenvalue weighted by molar-refractivity contribution is -0.384. The van der Waals surface area contributed by atoms with E-state index in [0.29, 0.717) is 29.5 Å². The molecule has 1 aromatic carbocycles. The largest absolute Gasteiger partial charge is 0.461 e. The molecule has 0 amide bonds. The van der Waals surface area contributed by atoms with Crippen molar-refractivity contribution in [2.45, 2.75) is 25.3 Å². The zero-order chi connectivity index (χ0) is 19.3. The molecule has 0 bridgehead atoms. The van der Waals surface area contributed by atoms with Gasteiger partial charge in [-0.25, -0.2) is 4.68 Å². The number of nitro benzene ring substituents is 1. The molecule has 1 unspecified atom stereocenters. The van der Waals surface area contributed by atoms with Crippen LogP contribution in [0.2, 0.25) is 0 Å². The van der Waals surface area contributed by atoms with Gasteiger partial charge in [-0.3, -0.25) is 14.9 Å². The van der Waals surface area contributed by atoms with Crippen LogP contribution in [-0.2, 0) is 4.79 Å². The van der Waals surface area contributed by atoms with Crippen molar-refractivity contribution in [3.8, 4) is 11.6 Å². The van der Waals surface area contributed by atoms with Gasteiger partial charge in [0, 0.05) is 29.8 Å². The molecule has 1 atom stereocenters. The Morgan fingerprint density at radius 2 is 2.04 bits per heavy atom. The summed E-state index contributed by atoms with van der Waals surface area (Å²) in [5.74, 6) is 1.50. The standard InChI is InChI=1S/C19H15N5O4/c25-14-4-1-3-13-16(14)17(11-6-8-12(9-7-11)24(26)27)23-19(20-13)21-18(22-23)15-5-2-10-28-15/h2,5-10,17H,1,3-4H2,(H,20,21,22). The molecule has 0 saturated heterocycles. The van der Waals surface area contributed by atoms with Gasteiger partial charge in [0.25, 0.3) is 5.69 Å². The number of carbonyl (C=O) groups excluding carboxylic acids is 1. The van der Waals surface area contributed by atoms with Crippen LogP contribution >= 0.6 is 0 Å². The quantitative estimate of drug-likeness (QED) is 0.549. The number of nitrogens with one attached hydrogen (secondary N) is 1. The van der Waals surface area contributed by atoms with Gasteiger partial charge in [-0.2, -0.15) is 4.98 Å². The number of nitro groups is 1. The van der Waals surface area contributed by atoms with Crippen LogP contribution in [0.5, 0.6) is 0 Å². The molecule has 1 aliphatic heterocycles. The molecule has 3 aromatic rings. The topological polar surface area (TPSA) is 116 Å². The third-order valence-corrected chi connectivity index (χ3v) is 5.03. The van der Waals surface area contributed by atoms with Gasteiger partial charge in [-0.15, -0.1) is 5.10 Å². The zero-order valence-electron chi connectivity index (χ0n) is 14.7. The molecule has 5 rings (SSSR count). The molecule has 0 saturated carbocycles. The predicted molar refractivity (Wildman–Crippen MR) is 98.5 cm³/mol. The number of carbonyl (C=O) groups is 1. The normalized spacial score (nSPS) is 18.4. The number of ketones is 1. The first-order valence-electron chi connectivity index (χ1n) is 8.90. The Labute approximate surface area is 158 Å². The Balaban J connectivity index is 1.66. The first-order chi connectivity index (χ1) is 13.6. The van der Waals surface area contributed by atoms with Crippen molar-refractivity contribution in [2.75, 3.05) is 5.32 Å². The maximum absolute atomic E-state index is 12.7. The summed E-state index contributed by atoms with van der Waals surface area (Å²) < 4.78 is 7.05. The lowest BCUT2D eigenvalue weighted by atomic mass is 9.85. The van der Waals surface area contributed by atoms with Crippen molar-refractivity contribution in [1.82, 2.24) is 14.8 Å². The lowest BCUT2D eigenvalue weighted by Gasteiger charge is -2.32. The van der Waals surface area contributed by atoms with Gasteiger partial charge in [0.2, 0.25) is 11.8 Å². The third-order valence-electron chi connectivity index (χ3n) is 5.03. The zero-order valence-corrected chi connectivity index (χ0v) is 14.7. The number of hydrogen-bond acceptors (Lipinski definition) is 7. The predicted octanol–water partition coefficient (Wildman–Crippen LogP) is 3.47. The van der Waals surface area contributed by atoms with Crippen LogP contribution in [0.4, 0.5) is 11.6 Å². The van der Waals surface area contributed by atoms with Crippen LogP contribution in [0.1, 0.15) is 30.9 Å². The minimum atomic E-state index is -0.490. The van der Waals surface area contributed by atoms with Gasteiger partial charge < -0.3 is 9.73 Å². The van der Waals surface area contributed by atoms with Crippen molar-refractivity contribution in [3.05, 3.63) is 69.6 Å². The van der Waals surface area contributed by atoms with Crippen molar-refractivity contribution >= 4 is 17.4 Å². The Hall–Kier alpha value is -3.75. The average molecular weight is 377 g/mol. The van der Waals surface area contributed by atoms with Gasteiger partial charge in [0.05, 0.1) is 11.2 Å². The summed E-state index contributed by atoms with van der Waals surface area (Å²) in [7, 11) is 0. The summed E-state index contributed by atoms with van der Waals surface area (Å²) in [4.78, 5) is 27.8. The van der Waals surface area contributed by atoms with Crippen molar-refractivity contribution in [1.29, 1.82) is 0 Å². The fourth-order valence-corrected chi connectivity index (χ4v) is 3.75. The van der Waals surface area contributed by atoms with Crippen LogP contribution in [0.25, 0.3) is 11.6 Å². The Kier molecular flexibility index (Phi) is 3.61. The molecule has 2 aromatic heterocycles. The van der Waals surface area contributed by atoms with E-state index in [-0.39, 0.29) is 11.5 Å². The highest BCUT2D eigenvalue weighted by atomic mass is 16.6. The van der Waals surface area contributed by atoms with E-state index in [4.69, 9.17) is 4.42 Å². The first-order valence-corrected chi connectivity index (χ1v) is 8.90. The molecule has 9 heteroatoms. The fourth-order valence-electron chi connectivity index (χ4n) is 3.75. The summed E-state index contributed by atoms with van der Waals surface area (Å²) in [6.45, 7) is 0. The Morgan fingerprint density at radius 3 is 2.75 bits per heavy atom. The Bertz CT molecular complexity index is 1110. The number of rotatable bonds is 3. The second kappa shape index (κ2) is 6.15. The van der Waals surface area contributed by atoms with E-state index in [1.807, 2.05) is 0 Å². The number of Topliss-reactive ketones (excluding diaryl/α,β-unsaturated/α-hetero) is 1. The molecule has 9 nitrogen and oxygen atoms in total. The molecular formula is C19H15N5O4. The van der Waals surface area contributed by atoms with E-state index < -0.39 is 11.0 Å². The molecule has 1 aliphatic carbocycles. The maximum atomic E-state index is 12.7. The van der Waals surface area contributed by atoms with Gasteiger partial charge >= 0.3 is 0 Å². The number of aromatic nitrogens is 3. The van der Waals surface area contributed by atoms with Gasteiger partial charge in [-0.05, 0) is 42.7 Å². The highest BCUT2D eigenvalue weighted by Gasteiger charge is 2.37. The highest BCUT2D eigenvalue weighted by molar-refractivity contribution is 5.99. The second-order valence-electron chi connectivity index (χ2n) is 6.73. The minimum Gasteiger partial charge on any atom is -0.461 e. The Morgan fingerprint density at radius 1 is 1.21 bits per heavy atom. The molecule has 3 heterocycles. The number of furan rings is 1. The number of non-ortho nitro benzene ring substituents is 1. The molecule has 0 radical (unpaired) electrons. The third kappa shape index (κ3) is 2.51. The smallest absolute Gasteiger partial charge is 0.269 e. The highest BCUT2D eigenvalue weighted by Crippen LogP contribution is 2.40. The van der Waals surface area contributed by atoms with Crippen LogP contribution in [-0.4, -0.2) is 25.5 Å². The number of anilines is 1. The molecule has 28 heavy (non-hydrogen) atoms. The monoisotopic (exact) mass is 377 g/mol. The van der Waals surface area contributed by atoms with Crippen molar-refractivity contribution in [2.24, 2.45) is 0 Å². The van der Waals surface area contributed by atoms with E-state index >= 15 is 0 Å². The number of nitrogens with zero attached hydrogens (tertiary/aromatic N) is 4. The molecule has 140 valence electrons. The van der Waals surface area contributed by atoms with Crippen molar-refractivity contribution in [3.63, 3.8) is 0 Å². The summed E-state index contributed by atoms with van der Waals surface area (Å²) in [5.41, 5.74) is 2.22. The van der Waals surface area contributed by atoms with Crippen LogP contribution in [0.15, 0.2) is 58.3 Å². The van der Waals surface area contributed by atoms with Crippen LogP contribution < -0.4 is 5.32 Å². The average Bonchev–Trinajstić information content (AvgIpc) is 3.36. The van der Waals surface area contributed by atoms with E-state index in [1.54, 1.807) is 35.2 Å². The van der Waals surface area contributed by atoms with E-state index in [2.05, 4.69) is 15.4 Å². The number of fused-ring (bicyclic) bond motifs is 1. The number of hydrogen-bond donors (Lipinski definition) is 1. The van der Waals surface area contributed by atoms with Crippen molar-refractivity contribution < 1.29 is 14.1 Å². The van der Waals surface area contributed by atoms with Crippen LogP contribution in [0.3, 0.4) is 0 Å². The van der Waals surface area contributed by atoms with Gasteiger partial charge in [0.1, 0.15) is 6.04 Å². The lowest BCUT2D eigenvalue weighted by Crippen LogP contribution is -2.31. The summed E-state index contributed by atoms with van der Waals surface area (Å²) in [6, 6.07) is 9.24. The fraction of sp³-hybridized carbons (Fsp3) is 0.211. The molecule has 0 fully saturated rings. The molecule has 1 N–H and O–H groups in total. The molecule has 0 spiro atoms. The SMILES string of the molecule is O=C1CCCC2=C1C(c1ccc([N+](=O)[O-])cc1)n1nc(-c3ccco3)nc1N2. The second-order valence-corrected chi connectivity index (χ2v) is 6.73. The molecule has 2 aliphatic rings. The summed E-state index contributed by atoms with van der Waals surface area (Å²) >= 11 is 0. The van der Waals surface area contributed by atoms with Gasteiger partial charge in [0.15, 0.2) is 11.5 Å².